The number of fused-ring (bicyclic) bond motifs is 1. The van der Waals surface area contributed by atoms with Gasteiger partial charge >= 0.3 is 11.7 Å². The van der Waals surface area contributed by atoms with Crippen LogP contribution in [0.5, 0.6) is 5.75 Å². The summed E-state index contributed by atoms with van der Waals surface area (Å²) in [5.41, 5.74) is -1.27. The molecule has 0 aliphatic heterocycles. The van der Waals surface area contributed by atoms with Gasteiger partial charge in [0.1, 0.15) is 11.4 Å². The summed E-state index contributed by atoms with van der Waals surface area (Å²) in [5, 5.41) is 2.84. The quantitative estimate of drug-likeness (QED) is 0.549. The van der Waals surface area contributed by atoms with Crippen molar-refractivity contribution in [1.82, 2.24) is 15.0 Å². The molecule has 0 fully saturated rings. The van der Waals surface area contributed by atoms with Gasteiger partial charge < -0.3 is 14.5 Å². The number of ether oxygens (including phenoxy) is 2. The standard InChI is InChI=1S/C15H12N4O6S/c1-24-7-2-3-8-10(4-7)26-15(17-8)19-12(21)6-25-13(22)9-5-11(20)18-14(23)16-9/h2-5H,6H2,1H3,(H,17,19,21)(H2,16,18,20,23). The lowest BCUT2D eigenvalue weighted by molar-refractivity contribution is -0.119. The average molecular weight is 376 g/mol. The molecule has 3 rings (SSSR count). The van der Waals surface area contributed by atoms with E-state index in [0.717, 1.165) is 10.8 Å². The van der Waals surface area contributed by atoms with Gasteiger partial charge in [0.25, 0.3) is 11.5 Å². The fraction of sp³-hybridized carbons (Fsp3) is 0.133. The first-order valence-corrected chi connectivity index (χ1v) is 8.01. The molecule has 10 nitrogen and oxygen atoms in total. The van der Waals surface area contributed by atoms with E-state index >= 15 is 0 Å². The molecule has 0 bridgehead atoms. The smallest absolute Gasteiger partial charge is 0.355 e. The van der Waals surface area contributed by atoms with Gasteiger partial charge in [-0.3, -0.25) is 19.9 Å². The van der Waals surface area contributed by atoms with Crippen LogP contribution in [0.3, 0.4) is 0 Å². The lowest BCUT2D eigenvalue weighted by Crippen LogP contribution is -2.27. The molecule has 3 aromatic rings. The topological polar surface area (TPSA) is 143 Å². The van der Waals surface area contributed by atoms with Crippen molar-refractivity contribution < 1.29 is 19.1 Å². The fourth-order valence-electron chi connectivity index (χ4n) is 2.03. The Morgan fingerprint density at radius 3 is 2.77 bits per heavy atom. The number of aromatic nitrogens is 3. The number of benzene rings is 1. The number of thiazole rings is 1. The van der Waals surface area contributed by atoms with Crippen LogP contribution in [0.4, 0.5) is 5.13 Å². The van der Waals surface area contributed by atoms with Gasteiger partial charge in [-0.2, -0.15) is 0 Å². The Hall–Kier alpha value is -3.47. The van der Waals surface area contributed by atoms with Gasteiger partial charge in [-0.25, -0.2) is 14.6 Å². The summed E-state index contributed by atoms with van der Waals surface area (Å²) in [5.74, 6) is -0.950. The lowest BCUT2D eigenvalue weighted by atomic mass is 10.3. The second-order valence-electron chi connectivity index (χ2n) is 4.98. The molecule has 0 unspecified atom stereocenters. The highest BCUT2D eigenvalue weighted by atomic mass is 32.1. The number of hydrogen-bond acceptors (Lipinski definition) is 8. The van der Waals surface area contributed by atoms with Gasteiger partial charge in [0, 0.05) is 6.07 Å². The number of carbonyl (C=O) groups excluding carboxylic acids is 2. The molecule has 3 N–H and O–H groups in total. The van der Waals surface area contributed by atoms with Crippen LogP contribution in [-0.2, 0) is 9.53 Å². The van der Waals surface area contributed by atoms with Crippen molar-refractivity contribution in [1.29, 1.82) is 0 Å². The van der Waals surface area contributed by atoms with E-state index in [1.54, 1.807) is 25.3 Å². The summed E-state index contributed by atoms with van der Waals surface area (Å²) >= 11 is 1.23. The average Bonchev–Trinajstić information content (AvgIpc) is 2.99. The Morgan fingerprint density at radius 2 is 2.04 bits per heavy atom. The minimum absolute atomic E-state index is 0.332. The molecule has 0 spiro atoms. The third kappa shape index (κ3) is 3.95. The number of esters is 1. The van der Waals surface area contributed by atoms with Gasteiger partial charge in [-0.1, -0.05) is 11.3 Å². The van der Waals surface area contributed by atoms with Crippen LogP contribution >= 0.6 is 11.3 Å². The number of H-pyrrole nitrogens is 2. The first kappa shape index (κ1) is 17.4. The molecule has 0 saturated carbocycles. The Bertz CT molecular complexity index is 1070. The van der Waals surface area contributed by atoms with Crippen LogP contribution in [0, 0.1) is 0 Å². The van der Waals surface area contributed by atoms with Crippen LogP contribution in [0.15, 0.2) is 33.9 Å². The van der Waals surface area contributed by atoms with Gasteiger partial charge in [0.05, 0.1) is 17.3 Å². The second kappa shape index (κ2) is 7.19. The van der Waals surface area contributed by atoms with Crippen LogP contribution < -0.4 is 21.3 Å². The Kier molecular flexibility index (Phi) is 4.80. The fourth-order valence-corrected chi connectivity index (χ4v) is 2.94. The van der Waals surface area contributed by atoms with E-state index in [1.165, 1.54) is 11.3 Å². The summed E-state index contributed by atoms with van der Waals surface area (Å²) in [4.78, 5) is 54.2. The largest absolute Gasteiger partial charge is 0.497 e. The van der Waals surface area contributed by atoms with E-state index in [-0.39, 0.29) is 5.69 Å². The number of carbonyl (C=O) groups is 2. The van der Waals surface area contributed by atoms with Crippen molar-refractivity contribution in [3.8, 4) is 5.75 Å². The lowest BCUT2D eigenvalue weighted by Gasteiger charge is -2.04. The third-order valence-electron chi connectivity index (χ3n) is 3.16. The van der Waals surface area contributed by atoms with E-state index in [1.807, 2.05) is 4.98 Å². The van der Waals surface area contributed by atoms with E-state index in [0.29, 0.717) is 16.4 Å². The summed E-state index contributed by atoms with van der Waals surface area (Å²) in [6.45, 7) is -0.604. The zero-order chi connectivity index (χ0) is 18.7. The normalized spacial score (nSPS) is 10.5. The van der Waals surface area contributed by atoms with E-state index in [2.05, 4.69) is 15.3 Å². The zero-order valence-corrected chi connectivity index (χ0v) is 14.1. The summed E-state index contributed by atoms with van der Waals surface area (Å²) in [7, 11) is 1.55. The van der Waals surface area contributed by atoms with Gasteiger partial charge in [-0.15, -0.1) is 0 Å². The van der Waals surface area contributed by atoms with Gasteiger partial charge in [0.2, 0.25) is 0 Å². The molecule has 0 saturated heterocycles. The second-order valence-corrected chi connectivity index (χ2v) is 6.01. The molecule has 26 heavy (non-hydrogen) atoms. The predicted molar refractivity (Wildman–Crippen MR) is 92.8 cm³/mol. The maximum Gasteiger partial charge on any atom is 0.355 e. The van der Waals surface area contributed by atoms with Crippen molar-refractivity contribution in [2.24, 2.45) is 0 Å². The SMILES string of the molecule is COc1ccc2nc(NC(=O)COC(=O)c3cc(=O)[nH]c(=O)[nH]3)sc2c1. The molecular weight excluding hydrogens is 364 g/mol. The summed E-state index contributed by atoms with van der Waals surface area (Å²) in [6.07, 6.45) is 0. The molecule has 2 heterocycles. The molecule has 2 aromatic heterocycles. The number of amides is 1. The van der Waals surface area contributed by atoms with Crippen molar-refractivity contribution in [2.45, 2.75) is 0 Å². The Morgan fingerprint density at radius 1 is 1.23 bits per heavy atom. The van der Waals surface area contributed by atoms with Gasteiger partial charge in [0.15, 0.2) is 11.7 Å². The Balaban J connectivity index is 1.62. The van der Waals surface area contributed by atoms with Crippen molar-refractivity contribution in [3.63, 3.8) is 0 Å². The first-order valence-electron chi connectivity index (χ1n) is 7.20. The van der Waals surface area contributed by atoms with Crippen LogP contribution in [0.1, 0.15) is 10.5 Å². The molecular formula is C15H12N4O6S. The summed E-state index contributed by atoms with van der Waals surface area (Å²) in [6, 6.07) is 6.15. The number of aromatic amines is 2. The molecule has 11 heteroatoms. The van der Waals surface area contributed by atoms with Crippen LogP contribution in [0.2, 0.25) is 0 Å². The van der Waals surface area contributed by atoms with E-state index < -0.39 is 29.7 Å². The molecule has 1 amide bonds. The van der Waals surface area contributed by atoms with E-state index in [4.69, 9.17) is 9.47 Å². The molecule has 0 radical (unpaired) electrons. The highest BCUT2D eigenvalue weighted by Crippen LogP contribution is 2.29. The van der Waals surface area contributed by atoms with Crippen molar-refractivity contribution in [2.75, 3.05) is 19.0 Å². The van der Waals surface area contributed by atoms with Crippen molar-refractivity contribution >= 4 is 38.6 Å². The predicted octanol–water partition coefficient (Wildman–Crippen LogP) is 0.477. The molecule has 0 atom stereocenters. The van der Waals surface area contributed by atoms with Crippen molar-refractivity contribution in [3.05, 3.63) is 50.8 Å². The minimum atomic E-state index is -1.00. The van der Waals surface area contributed by atoms with Gasteiger partial charge in [-0.05, 0) is 18.2 Å². The highest BCUT2D eigenvalue weighted by Gasteiger charge is 2.14. The number of nitrogens with one attached hydrogen (secondary N) is 3. The highest BCUT2D eigenvalue weighted by molar-refractivity contribution is 7.22. The molecule has 134 valence electrons. The molecule has 1 aromatic carbocycles. The maximum atomic E-state index is 11.9. The number of hydrogen-bond donors (Lipinski definition) is 3. The Labute approximate surface area is 148 Å². The molecule has 0 aliphatic carbocycles. The third-order valence-corrected chi connectivity index (χ3v) is 4.09. The zero-order valence-electron chi connectivity index (χ0n) is 13.3. The maximum absolute atomic E-state index is 11.9. The van der Waals surface area contributed by atoms with Crippen LogP contribution in [-0.4, -0.2) is 40.5 Å². The van der Waals surface area contributed by atoms with Crippen LogP contribution in [0.25, 0.3) is 10.2 Å². The number of rotatable bonds is 5. The minimum Gasteiger partial charge on any atom is -0.497 e. The summed E-state index contributed by atoms with van der Waals surface area (Å²) < 4.78 is 10.7. The van der Waals surface area contributed by atoms with E-state index in [9.17, 15) is 19.2 Å². The number of anilines is 1. The monoisotopic (exact) mass is 376 g/mol. The molecule has 0 aliphatic rings. The number of methoxy groups -OCH3 is 1. The first-order chi connectivity index (χ1) is 12.4. The number of nitrogens with zero attached hydrogens (tertiary/aromatic N) is 1.